The number of guanidine groups is 1. The highest BCUT2D eigenvalue weighted by Crippen LogP contribution is 2.11. The Bertz CT molecular complexity index is 654. The molecule has 156 valence electrons. The minimum atomic E-state index is -3.53. The number of nitrogens with one attached hydrogen (secondary N) is 3. The summed E-state index contributed by atoms with van der Waals surface area (Å²) in [7, 11) is -0.269. The Morgan fingerprint density at radius 2 is 1.93 bits per heavy atom. The Balaban J connectivity index is 0.00000676. The Labute approximate surface area is 180 Å². The molecule has 9 heteroatoms. The number of rotatable bonds is 12. The third-order valence-corrected chi connectivity index (χ3v) is 5.27. The Morgan fingerprint density at radius 3 is 2.59 bits per heavy atom. The van der Waals surface area contributed by atoms with Gasteiger partial charge in [0.25, 0.3) is 0 Å². The first kappa shape index (κ1) is 26.1. The molecule has 1 aromatic rings. The number of hydrogen-bond acceptors (Lipinski definition) is 4. The van der Waals surface area contributed by atoms with Crippen molar-refractivity contribution >= 4 is 40.0 Å². The van der Waals surface area contributed by atoms with Gasteiger partial charge in [-0.05, 0) is 24.1 Å². The monoisotopic (exact) mass is 512 g/mol. The second-order valence-electron chi connectivity index (χ2n) is 5.95. The number of sulfonamides is 1. The van der Waals surface area contributed by atoms with Crippen LogP contribution in [0.5, 0.6) is 0 Å². The highest BCUT2D eigenvalue weighted by molar-refractivity contribution is 14.0. The van der Waals surface area contributed by atoms with E-state index < -0.39 is 10.0 Å². The first-order chi connectivity index (χ1) is 12.5. The third-order valence-electron chi connectivity index (χ3n) is 3.81. The van der Waals surface area contributed by atoms with Gasteiger partial charge in [-0.2, -0.15) is 0 Å². The van der Waals surface area contributed by atoms with Crippen molar-refractivity contribution in [2.75, 3.05) is 33.9 Å². The fraction of sp³-hybridized carbons (Fsp3) is 0.611. The van der Waals surface area contributed by atoms with Crippen LogP contribution in [0.4, 0.5) is 0 Å². The molecule has 0 atom stereocenters. The van der Waals surface area contributed by atoms with Crippen molar-refractivity contribution in [2.45, 2.75) is 44.0 Å². The minimum absolute atomic E-state index is 0. The van der Waals surface area contributed by atoms with Crippen LogP contribution in [0.15, 0.2) is 34.2 Å². The normalized spacial score (nSPS) is 11.7. The molecule has 0 saturated carbocycles. The zero-order valence-electron chi connectivity index (χ0n) is 16.5. The quantitative estimate of drug-likeness (QED) is 0.173. The van der Waals surface area contributed by atoms with Gasteiger partial charge < -0.3 is 15.4 Å². The van der Waals surface area contributed by atoms with E-state index in [1.807, 2.05) is 6.07 Å². The number of hydrogen-bond donors (Lipinski definition) is 3. The number of aliphatic imine (C=N–C) groups is 1. The maximum Gasteiger partial charge on any atom is 0.240 e. The second kappa shape index (κ2) is 15.1. The van der Waals surface area contributed by atoms with Crippen LogP contribution in [-0.4, -0.2) is 48.2 Å². The molecule has 0 unspecified atom stereocenters. The summed E-state index contributed by atoms with van der Waals surface area (Å²) in [5.41, 5.74) is 0.869. The highest BCUT2D eigenvalue weighted by Gasteiger charge is 2.13. The number of halogens is 1. The minimum Gasteiger partial charge on any atom is -0.383 e. The van der Waals surface area contributed by atoms with Gasteiger partial charge >= 0.3 is 0 Å². The Kier molecular flexibility index (Phi) is 14.6. The lowest BCUT2D eigenvalue weighted by atomic mass is 10.2. The molecule has 0 fully saturated rings. The van der Waals surface area contributed by atoms with E-state index in [1.54, 1.807) is 25.2 Å². The molecule has 0 saturated heterocycles. The SMILES string of the molecule is CCCCCCNC(=NC)NCc1cccc(S(=O)(=O)NCCOC)c1.I. The van der Waals surface area contributed by atoms with Crippen molar-refractivity contribution in [3.8, 4) is 0 Å². The molecule has 0 radical (unpaired) electrons. The van der Waals surface area contributed by atoms with Crippen molar-refractivity contribution in [3.05, 3.63) is 29.8 Å². The van der Waals surface area contributed by atoms with E-state index in [0.29, 0.717) is 19.1 Å². The van der Waals surface area contributed by atoms with Gasteiger partial charge in [0, 0.05) is 33.8 Å². The number of methoxy groups -OCH3 is 1. The lowest BCUT2D eigenvalue weighted by Crippen LogP contribution is -2.37. The summed E-state index contributed by atoms with van der Waals surface area (Å²) in [5.74, 6) is 0.716. The molecule has 0 heterocycles. The molecular formula is C18H33IN4O3S. The molecule has 0 aliphatic carbocycles. The zero-order chi connectivity index (χ0) is 19.3. The van der Waals surface area contributed by atoms with Crippen LogP contribution in [0.1, 0.15) is 38.2 Å². The summed E-state index contributed by atoms with van der Waals surface area (Å²) >= 11 is 0. The van der Waals surface area contributed by atoms with E-state index in [1.165, 1.54) is 26.4 Å². The lowest BCUT2D eigenvalue weighted by Gasteiger charge is -2.13. The van der Waals surface area contributed by atoms with Crippen LogP contribution in [0.2, 0.25) is 0 Å². The molecule has 0 spiro atoms. The van der Waals surface area contributed by atoms with E-state index in [0.717, 1.165) is 18.5 Å². The van der Waals surface area contributed by atoms with Gasteiger partial charge in [-0.1, -0.05) is 38.3 Å². The molecular weight excluding hydrogens is 479 g/mol. The molecule has 0 bridgehead atoms. The van der Waals surface area contributed by atoms with Crippen LogP contribution in [0, 0.1) is 0 Å². The lowest BCUT2D eigenvalue weighted by molar-refractivity contribution is 0.204. The molecule has 1 aromatic carbocycles. The largest absolute Gasteiger partial charge is 0.383 e. The van der Waals surface area contributed by atoms with Crippen molar-refractivity contribution < 1.29 is 13.2 Å². The summed E-state index contributed by atoms with van der Waals surface area (Å²) in [4.78, 5) is 4.44. The smallest absolute Gasteiger partial charge is 0.240 e. The van der Waals surface area contributed by atoms with Crippen molar-refractivity contribution in [2.24, 2.45) is 4.99 Å². The molecule has 27 heavy (non-hydrogen) atoms. The third kappa shape index (κ3) is 10.9. The maximum absolute atomic E-state index is 12.3. The van der Waals surface area contributed by atoms with Gasteiger partial charge in [0.05, 0.1) is 11.5 Å². The molecule has 0 aromatic heterocycles. The molecule has 1 rings (SSSR count). The summed E-state index contributed by atoms with van der Waals surface area (Å²) in [6.45, 7) is 4.14. The molecule has 0 amide bonds. The van der Waals surface area contributed by atoms with Gasteiger partial charge in [-0.25, -0.2) is 13.1 Å². The Morgan fingerprint density at radius 1 is 1.15 bits per heavy atom. The molecule has 3 N–H and O–H groups in total. The standard InChI is InChI=1S/C18H32N4O3S.HI/c1-4-5-6-7-11-20-18(19-2)21-15-16-9-8-10-17(14-16)26(23,24)22-12-13-25-3;/h8-10,14,22H,4-7,11-13,15H2,1-3H3,(H2,19,20,21);1H. The number of nitrogens with zero attached hydrogens (tertiary/aromatic N) is 1. The van der Waals surface area contributed by atoms with Crippen molar-refractivity contribution in [1.82, 2.24) is 15.4 Å². The average molecular weight is 512 g/mol. The van der Waals surface area contributed by atoms with Gasteiger partial charge in [0.2, 0.25) is 10.0 Å². The fourth-order valence-corrected chi connectivity index (χ4v) is 3.43. The predicted octanol–water partition coefficient (Wildman–Crippen LogP) is 2.47. The van der Waals surface area contributed by atoms with Crippen LogP contribution < -0.4 is 15.4 Å². The van der Waals surface area contributed by atoms with Crippen molar-refractivity contribution in [1.29, 1.82) is 0 Å². The van der Waals surface area contributed by atoms with Crippen LogP contribution in [0.3, 0.4) is 0 Å². The van der Waals surface area contributed by atoms with Crippen LogP contribution in [-0.2, 0) is 21.3 Å². The van der Waals surface area contributed by atoms with Gasteiger partial charge in [0.1, 0.15) is 0 Å². The summed E-state index contributed by atoms with van der Waals surface area (Å²) in [6.07, 6.45) is 4.77. The van der Waals surface area contributed by atoms with E-state index in [9.17, 15) is 8.42 Å². The van der Waals surface area contributed by atoms with E-state index in [-0.39, 0.29) is 35.4 Å². The number of benzene rings is 1. The van der Waals surface area contributed by atoms with Gasteiger partial charge in [-0.15, -0.1) is 24.0 Å². The summed E-state index contributed by atoms with van der Waals surface area (Å²) in [6, 6.07) is 6.87. The second-order valence-corrected chi connectivity index (χ2v) is 7.72. The maximum atomic E-state index is 12.3. The zero-order valence-corrected chi connectivity index (χ0v) is 19.6. The summed E-state index contributed by atoms with van der Waals surface area (Å²) < 4.78 is 31.9. The molecule has 0 aliphatic rings. The summed E-state index contributed by atoms with van der Waals surface area (Å²) in [5, 5.41) is 6.48. The van der Waals surface area contributed by atoms with Crippen LogP contribution in [0.25, 0.3) is 0 Å². The molecule has 7 nitrogen and oxygen atoms in total. The predicted molar refractivity (Wildman–Crippen MR) is 121 cm³/mol. The fourth-order valence-electron chi connectivity index (χ4n) is 2.35. The van der Waals surface area contributed by atoms with E-state index in [4.69, 9.17) is 4.74 Å². The first-order valence-corrected chi connectivity index (χ1v) is 10.5. The number of ether oxygens (including phenoxy) is 1. The molecule has 0 aliphatic heterocycles. The van der Waals surface area contributed by atoms with Crippen molar-refractivity contribution in [3.63, 3.8) is 0 Å². The van der Waals surface area contributed by atoms with Crippen LogP contribution >= 0.6 is 24.0 Å². The first-order valence-electron chi connectivity index (χ1n) is 9.05. The number of unbranched alkanes of at least 4 members (excludes halogenated alkanes) is 3. The van der Waals surface area contributed by atoms with Gasteiger partial charge in [-0.3, -0.25) is 4.99 Å². The topological polar surface area (TPSA) is 91.8 Å². The average Bonchev–Trinajstić information content (AvgIpc) is 2.64. The highest BCUT2D eigenvalue weighted by atomic mass is 127. The van der Waals surface area contributed by atoms with Gasteiger partial charge in [0.15, 0.2) is 5.96 Å². The Hall–Kier alpha value is -0.910. The van der Waals surface area contributed by atoms with E-state index in [2.05, 4.69) is 27.3 Å². The van der Waals surface area contributed by atoms with E-state index >= 15 is 0 Å².